The highest BCUT2D eigenvalue weighted by Crippen LogP contribution is 2.40. The van der Waals surface area contributed by atoms with Crippen LogP contribution in [0.1, 0.15) is 31.4 Å². The number of anilines is 1. The molecule has 1 aromatic heterocycles. The lowest BCUT2D eigenvalue weighted by molar-refractivity contribution is -0.131. The number of nitrogens with one attached hydrogen (secondary N) is 1. The number of nitrogens with zero attached hydrogens (tertiary/aromatic N) is 3. The smallest absolute Gasteiger partial charge is 0.252 e. The summed E-state index contributed by atoms with van der Waals surface area (Å²) in [4.78, 5) is 35.0. The predicted octanol–water partition coefficient (Wildman–Crippen LogP) is 0.808. The third kappa shape index (κ3) is 2.80. The lowest BCUT2D eigenvalue weighted by atomic mass is 10.1. The van der Waals surface area contributed by atoms with Gasteiger partial charge >= 0.3 is 0 Å². The topological polar surface area (TPSA) is 69.3 Å². The van der Waals surface area contributed by atoms with Crippen molar-refractivity contribution in [2.75, 3.05) is 32.1 Å². The van der Waals surface area contributed by atoms with Crippen molar-refractivity contribution in [1.82, 2.24) is 14.9 Å². The molecule has 0 aromatic carbocycles. The van der Waals surface area contributed by atoms with Crippen LogP contribution in [0.4, 0.5) is 5.95 Å². The van der Waals surface area contributed by atoms with E-state index in [1.54, 1.807) is 11.0 Å². The molecule has 1 saturated carbocycles. The highest BCUT2D eigenvalue weighted by atomic mass is 16.2. The van der Waals surface area contributed by atoms with Crippen LogP contribution in [-0.4, -0.2) is 48.0 Å². The molecule has 0 radical (unpaired) electrons. The summed E-state index contributed by atoms with van der Waals surface area (Å²) >= 11 is 0. The lowest BCUT2D eigenvalue weighted by Crippen LogP contribution is -2.30. The van der Waals surface area contributed by atoms with Crippen LogP contribution in [0, 0.1) is 11.8 Å². The first-order valence-corrected chi connectivity index (χ1v) is 7.53. The largest absolute Gasteiger partial charge is 0.348 e. The fourth-order valence-corrected chi connectivity index (χ4v) is 2.99. The first-order valence-electron chi connectivity index (χ1n) is 7.53. The second-order valence-electron chi connectivity index (χ2n) is 6.48. The molecule has 21 heavy (non-hydrogen) atoms. The average Bonchev–Trinajstić information content (AvgIpc) is 2.98. The van der Waals surface area contributed by atoms with E-state index < -0.39 is 0 Å². The van der Waals surface area contributed by atoms with Gasteiger partial charge in [-0.3, -0.25) is 14.6 Å². The van der Waals surface area contributed by atoms with Gasteiger partial charge in [0, 0.05) is 45.1 Å². The molecule has 1 aliphatic carbocycles. The summed E-state index contributed by atoms with van der Waals surface area (Å²) < 4.78 is 0. The highest BCUT2D eigenvalue weighted by molar-refractivity contribution is 5.82. The number of hydrogen-bond donors (Lipinski definition) is 1. The van der Waals surface area contributed by atoms with Gasteiger partial charge in [-0.25, -0.2) is 4.98 Å². The second-order valence-corrected chi connectivity index (χ2v) is 6.48. The molecule has 1 N–H and O–H groups in total. The first-order chi connectivity index (χ1) is 9.95. The van der Waals surface area contributed by atoms with Gasteiger partial charge < -0.3 is 9.80 Å². The van der Waals surface area contributed by atoms with Crippen LogP contribution in [0.15, 0.2) is 10.9 Å². The van der Waals surface area contributed by atoms with Crippen molar-refractivity contribution in [1.29, 1.82) is 0 Å². The molecular weight excluding hydrogens is 268 g/mol. The van der Waals surface area contributed by atoms with Gasteiger partial charge in [0.25, 0.3) is 5.56 Å². The lowest BCUT2D eigenvalue weighted by Gasteiger charge is -2.17. The summed E-state index contributed by atoms with van der Waals surface area (Å²) in [5, 5.41) is 0. The minimum Gasteiger partial charge on any atom is -0.348 e. The minimum absolute atomic E-state index is 0.135. The molecular formula is C15H22N4O2. The van der Waals surface area contributed by atoms with Crippen LogP contribution in [0.2, 0.25) is 0 Å². The van der Waals surface area contributed by atoms with Gasteiger partial charge in [-0.15, -0.1) is 0 Å². The van der Waals surface area contributed by atoms with E-state index >= 15 is 0 Å². The molecule has 0 unspecified atom stereocenters. The molecule has 1 amide bonds. The predicted molar refractivity (Wildman–Crippen MR) is 80.4 cm³/mol. The third-order valence-electron chi connectivity index (χ3n) is 4.52. The molecule has 114 valence electrons. The summed E-state index contributed by atoms with van der Waals surface area (Å²) in [7, 11) is 3.70. The maximum atomic E-state index is 12.3. The fraction of sp³-hybridized carbons (Fsp3) is 0.667. The summed E-state index contributed by atoms with van der Waals surface area (Å²) in [5.74, 6) is 1.78. The molecule has 2 fully saturated rings. The van der Waals surface area contributed by atoms with Gasteiger partial charge in [0.1, 0.15) is 0 Å². The van der Waals surface area contributed by atoms with Crippen LogP contribution in [0.25, 0.3) is 0 Å². The number of aromatic amines is 1. The molecule has 2 aliphatic rings. The quantitative estimate of drug-likeness (QED) is 0.894. The van der Waals surface area contributed by atoms with Crippen LogP contribution in [0.3, 0.4) is 0 Å². The van der Waals surface area contributed by atoms with Gasteiger partial charge in [0.05, 0.1) is 5.69 Å². The molecule has 3 rings (SSSR count). The third-order valence-corrected chi connectivity index (χ3v) is 4.52. The summed E-state index contributed by atoms with van der Waals surface area (Å²) in [6, 6.07) is 1.56. The first kappa shape index (κ1) is 14.1. The van der Waals surface area contributed by atoms with E-state index in [2.05, 4.69) is 16.9 Å². The number of amides is 1. The molecule has 6 nitrogen and oxygen atoms in total. The summed E-state index contributed by atoms with van der Waals surface area (Å²) in [5.41, 5.74) is 0.658. The van der Waals surface area contributed by atoms with E-state index in [0.717, 1.165) is 25.1 Å². The number of aromatic nitrogens is 2. The van der Waals surface area contributed by atoms with Crippen molar-refractivity contribution in [3.8, 4) is 0 Å². The zero-order chi connectivity index (χ0) is 15.1. The number of carbonyl (C=O) groups is 1. The zero-order valence-corrected chi connectivity index (χ0v) is 12.8. The Morgan fingerprint density at radius 3 is 2.81 bits per heavy atom. The molecule has 1 aromatic rings. The van der Waals surface area contributed by atoms with Gasteiger partial charge in [0.15, 0.2) is 0 Å². The van der Waals surface area contributed by atoms with Gasteiger partial charge in [-0.2, -0.15) is 0 Å². The normalized spacial score (nSPS) is 27.8. The maximum Gasteiger partial charge on any atom is 0.252 e. The van der Waals surface area contributed by atoms with Crippen LogP contribution in [-0.2, 0) is 4.79 Å². The van der Waals surface area contributed by atoms with Crippen LogP contribution >= 0.6 is 0 Å². The molecule has 0 bridgehead atoms. The Labute approximate surface area is 124 Å². The number of hydrogen-bond acceptors (Lipinski definition) is 4. The maximum absolute atomic E-state index is 12.3. The van der Waals surface area contributed by atoms with Crippen molar-refractivity contribution in [3.63, 3.8) is 0 Å². The van der Waals surface area contributed by atoms with Gasteiger partial charge in [-0.05, 0) is 18.8 Å². The van der Waals surface area contributed by atoms with Crippen molar-refractivity contribution >= 4 is 11.9 Å². The number of likely N-dealkylation sites (tertiary alicyclic amines) is 1. The molecule has 2 heterocycles. The van der Waals surface area contributed by atoms with Crippen molar-refractivity contribution in [2.45, 2.75) is 25.7 Å². The highest BCUT2D eigenvalue weighted by Gasteiger charge is 2.43. The Hall–Kier alpha value is -1.85. The Kier molecular flexibility index (Phi) is 3.47. The molecule has 0 spiro atoms. The summed E-state index contributed by atoms with van der Waals surface area (Å²) in [6.45, 7) is 3.58. The van der Waals surface area contributed by atoms with E-state index in [9.17, 15) is 9.59 Å². The molecule has 1 saturated heterocycles. The van der Waals surface area contributed by atoms with E-state index in [1.165, 1.54) is 0 Å². The summed E-state index contributed by atoms with van der Waals surface area (Å²) in [6.07, 6.45) is 1.91. The number of rotatable bonds is 3. The standard InChI is InChI=1S/C15H22N4O2/c1-9-6-11(9)14(21)19-5-4-10(8-19)12-7-13(20)17-15(16-12)18(2)3/h7,9-11H,4-6,8H2,1-3H3,(H,16,17,20)/t9-,10-,11-/m0/s1. The Morgan fingerprint density at radius 1 is 1.48 bits per heavy atom. The molecule has 3 atom stereocenters. The minimum atomic E-state index is -0.135. The Bertz CT molecular complexity index is 610. The van der Waals surface area contributed by atoms with E-state index in [0.29, 0.717) is 18.4 Å². The Morgan fingerprint density at radius 2 is 2.19 bits per heavy atom. The van der Waals surface area contributed by atoms with E-state index in [-0.39, 0.29) is 23.3 Å². The Balaban J connectivity index is 1.74. The molecule has 1 aliphatic heterocycles. The molecule has 6 heteroatoms. The van der Waals surface area contributed by atoms with Crippen LogP contribution in [0.5, 0.6) is 0 Å². The fourth-order valence-electron chi connectivity index (χ4n) is 2.99. The number of carbonyl (C=O) groups excluding carboxylic acids is 1. The van der Waals surface area contributed by atoms with E-state index in [1.807, 2.05) is 19.0 Å². The number of H-pyrrole nitrogens is 1. The monoisotopic (exact) mass is 290 g/mol. The van der Waals surface area contributed by atoms with Crippen molar-refractivity contribution in [3.05, 3.63) is 22.1 Å². The second kappa shape index (κ2) is 5.16. The van der Waals surface area contributed by atoms with Gasteiger partial charge in [-0.1, -0.05) is 6.92 Å². The van der Waals surface area contributed by atoms with Crippen LogP contribution < -0.4 is 10.5 Å². The van der Waals surface area contributed by atoms with E-state index in [4.69, 9.17) is 0 Å². The van der Waals surface area contributed by atoms with Crippen molar-refractivity contribution in [2.24, 2.45) is 11.8 Å². The average molecular weight is 290 g/mol. The van der Waals surface area contributed by atoms with Crippen molar-refractivity contribution < 1.29 is 4.79 Å². The SMILES string of the molecule is C[C@H]1C[C@@H]1C(=O)N1CC[C@H](c2cc(=O)[nH]c(N(C)C)n2)C1. The zero-order valence-electron chi connectivity index (χ0n) is 12.8. The van der Waals surface area contributed by atoms with Gasteiger partial charge in [0.2, 0.25) is 11.9 Å².